The highest BCUT2D eigenvalue weighted by Crippen LogP contribution is 2.40. The molecular weight excluding hydrogens is 973 g/mol. The molecule has 6 saturated carbocycles. The zero-order valence-electron chi connectivity index (χ0n) is 46.3. The third-order valence-corrected chi connectivity index (χ3v) is 17.9. The van der Waals surface area contributed by atoms with E-state index in [0.29, 0.717) is 0 Å². The summed E-state index contributed by atoms with van der Waals surface area (Å²) < 4.78 is 0. The van der Waals surface area contributed by atoms with E-state index in [1.807, 2.05) is 0 Å². The molecule has 0 unspecified atom stereocenters. The van der Waals surface area contributed by atoms with Gasteiger partial charge in [-0.2, -0.15) is 0 Å². The van der Waals surface area contributed by atoms with Crippen molar-refractivity contribution in [3.05, 3.63) is 212 Å². The lowest BCUT2D eigenvalue weighted by atomic mass is 9.94. The van der Waals surface area contributed by atoms with Crippen LogP contribution in [0, 0.1) is 41.5 Å². The fourth-order valence-electron chi connectivity index (χ4n) is 13.7. The van der Waals surface area contributed by atoms with Crippen molar-refractivity contribution in [1.82, 2.24) is 0 Å². The van der Waals surface area contributed by atoms with Crippen LogP contribution in [0.15, 0.2) is 146 Å². The Kier molecular flexibility index (Phi) is 43.7. The smallest absolute Gasteiger partial charge is 0.0159 e. The van der Waals surface area contributed by atoms with Gasteiger partial charge in [0.2, 0.25) is 0 Å². The van der Waals surface area contributed by atoms with Gasteiger partial charge in [-0.1, -0.05) is 289 Å². The van der Waals surface area contributed by atoms with Crippen LogP contribution < -0.4 is 0 Å². The van der Waals surface area contributed by atoms with Crippen molar-refractivity contribution in [2.75, 3.05) is 0 Å². The van der Waals surface area contributed by atoms with E-state index in [2.05, 4.69) is 187 Å². The highest BCUT2D eigenvalue weighted by Gasteiger charge is 2.22. The first-order chi connectivity index (χ1) is 35.3. The monoisotopic (exact) mass is 1110 g/mol. The molecule has 0 radical (unpaired) electrons. The summed E-state index contributed by atoms with van der Waals surface area (Å²) in [5.41, 5.74) is 18.4. The van der Waals surface area contributed by atoms with Crippen molar-refractivity contribution in [1.29, 1.82) is 0 Å². The lowest BCUT2D eigenvalue weighted by Crippen LogP contribution is -1.94. The van der Waals surface area contributed by atoms with E-state index in [9.17, 15) is 0 Å². The van der Waals surface area contributed by atoms with Gasteiger partial charge in [-0.3, -0.25) is 0 Å². The summed E-state index contributed by atoms with van der Waals surface area (Å²) in [5.74, 6) is 5.20. The van der Waals surface area contributed by atoms with Crippen LogP contribution in [-0.4, -0.2) is 0 Å². The average molecular weight is 1110 g/mol. The quantitative estimate of drug-likeness (QED) is 0.156. The average Bonchev–Trinajstić information content (AvgIpc) is 4.27. The lowest BCUT2D eigenvalue weighted by molar-refractivity contribution is 0.718. The largest absolute Gasteiger partial charge is 0.0776 e. The molecular formula is C81H132. The van der Waals surface area contributed by atoms with Gasteiger partial charge in [-0.15, -0.1) is 0 Å². The standard InChI is InChI=1S/6C12H16.9CH4/c6*1-10-6-2-5-9-12(10)11-7-3-4-8-11;;;;;;;;;/h6*2,5-6,9,11H,3-4,7-8H2,1H3;9*1H4. The fourth-order valence-corrected chi connectivity index (χ4v) is 13.7. The third-order valence-electron chi connectivity index (χ3n) is 17.9. The van der Waals surface area contributed by atoms with Gasteiger partial charge in [0.25, 0.3) is 0 Å². The summed E-state index contributed by atoms with van der Waals surface area (Å²) in [5, 5.41) is 0. The van der Waals surface area contributed by atoms with Gasteiger partial charge in [0.05, 0.1) is 0 Å². The molecule has 0 atom stereocenters. The summed E-state index contributed by atoms with van der Waals surface area (Å²) >= 11 is 0. The minimum Gasteiger partial charge on any atom is -0.0776 e. The molecule has 0 saturated heterocycles. The molecule has 6 aliphatic carbocycles. The van der Waals surface area contributed by atoms with Gasteiger partial charge in [0, 0.05) is 0 Å². The van der Waals surface area contributed by atoms with Crippen LogP contribution in [0.5, 0.6) is 0 Å². The third kappa shape index (κ3) is 25.0. The fraction of sp³-hybridized carbons (Fsp3) is 0.556. The molecule has 0 nitrogen and oxygen atoms in total. The molecule has 0 heterocycles. The van der Waals surface area contributed by atoms with Crippen molar-refractivity contribution in [2.24, 2.45) is 0 Å². The van der Waals surface area contributed by atoms with E-state index in [1.165, 1.54) is 187 Å². The molecule has 0 heteroatoms. The summed E-state index contributed by atoms with van der Waals surface area (Å²) in [6.45, 7) is 13.4. The van der Waals surface area contributed by atoms with Crippen molar-refractivity contribution >= 4 is 0 Å². The highest BCUT2D eigenvalue weighted by molar-refractivity contribution is 5.34. The summed E-state index contributed by atoms with van der Waals surface area (Å²) in [6, 6.07) is 53.0. The van der Waals surface area contributed by atoms with Gasteiger partial charge in [0.1, 0.15) is 0 Å². The Balaban J connectivity index is -0.000000882. The second-order valence-corrected chi connectivity index (χ2v) is 23.0. The van der Waals surface area contributed by atoms with E-state index < -0.39 is 0 Å². The first-order valence-electron chi connectivity index (χ1n) is 29.6. The number of hydrogen-bond donors (Lipinski definition) is 0. The van der Waals surface area contributed by atoms with E-state index >= 15 is 0 Å². The first-order valence-corrected chi connectivity index (χ1v) is 29.6. The molecule has 81 heavy (non-hydrogen) atoms. The normalized spacial score (nSPS) is 16.4. The SMILES string of the molecule is C.C.C.C.C.C.C.C.C.Cc1ccccc1C1CCCC1.Cc1ccccc1C1CCCC1.Cc1ccccc1C1CCCC1.Cc1ccccc1C1CCCC1.Cc1ccccc1C1CCCC1.Cc1ccccc1C1CCCC1. The molecule has 0 N–H and O–H groups in total. The van der Waals surface area contributed by atoms with E-state index in [0.717, 1.165) is 35.5 Å². The van der Waals surface area contributed by atoms with Crippen LogP contribution in [0.2, 0.25) is 0 Å². The maximum atomic E-state index is 2.30. The second-order valence-electron chi connectivity index (χ2n) is 23.0. The molecule has 6 aromatic rings. The molecule has 0 bridgehead atoms. The summed E-state index contributed by atoms with van der Waals surface area (Å²) in [6.07, 6.45) is 34.0. The van der Waals surface area contributed by atoms with Crippen LogP contribution >= 0.6 is 0 Å². The predicted octanol–water partition coefficient (Wildman–Crippen LogP) is 27.6. The maximum Gasteiger partial charge on any atom is -0.0159 e. The zero-order valence-corrected chi connectivity index (χ0v) is 46.3. The van der Waals surface area contributed by atoms with Crippen LogP contribution in [0.3, 0.4) is 0 Å². The van der Waals surface area contributed by atoms with Crippen LogP contribution in [0.4, 0.5) is 0 Å². The van der Waals surface area contributed by atoms with E-state index in [-0.39, 0.29) is 66.8 Å². The van der Waals surface area contributed by atoms with Gasteiger partial charge in [0.15, 0.2) is 0 Å². The Hall–Kier alpha value is -4.68. The summed E-state index contributed by atoms with van der Waals surface area (Å²) in [7, 11) is 0. The Labute approximate surface area is 507 Å². The Morgan fingerprint density at radius 1 is 0.173 bits per heavy atom. The lowest BCUT2D eigenvalue weighted by Gasteiger charge is -2.11. The molecule has 6 fully saturated rings. The molecule has 0 amide bonds. The van der Waals surface area contributed by atoms with E-state index in [4.69, 9.17) is 0 Å². The first kappa shape index (κ1) is 80.5. The second kappa shape index (κ2) is 43.9. The number of hydrogen-bond acceptors (Lipinski definition) is 0. The number of rotatable bonds is 6. The minimum absolute atomic E-state index is 0. The van der Waals surface area contributed by atoms with Crippen LogP contribution in [-0.2, 0) is 0 Å². The highest BCUT2D eigenvalue weighted by atomic mass is 14.3. The molecule has 456 valence electrons. The van der Waals surface area contributed by atoms with Crippen LogP contribution in [0.1, 0.15) is 323 Å². The predicted molar refractivity (Wildman–Crippen MR) is 375 cm³/mol. The topological polar surface area (TPSA) is 0 Å². The van der Waals surface area contributed by atoms with Crippen molar-refractivity contribution in [3.8, 4) is 0 Å². The molecule has 0 aliphatic heterocycles. The maximum absolute atomic E-state index is 2.30. The molecule has 0 aromatic heterocycles. The summed E-state index contributed by atoms with van der Waals surface area (Å²) in [4.78, 5) is 0. The molecule has 0 spiro atoms. The van der Waals surface area contributed by atoms with Crippen molar-refractivity contribution < 1.29 is 0 Å². The van der Waals surface area contributed by atoms with Gasteiger partial charge < -0.3 is 0 Å². The van der Waals surface area contributed by atoms with Crippen molar-refractivity contribution in [3.63, 3.8) is 0 Å². The molecule has 12 rings (SSSR count). The van der Waals surface area contributed by atoms with E-state index in [1.54, 1.807) is 33.4 Å². The van der Waals surface area contributed by atoms with Gasteiger partial charge in [-0.25, -0.2) is 0 Å². The molecule has 6 aliphatic rings. The Morgan fingerprint density at radius 3 is 0.370 bits per heavy atom. The van der Waals surface area contributed by atoms with Gasteiger partial charge >= 0.3 is 0 Å². The Bertz CT molecular complexity index is 1980. The number of aryl methyl sites for hydroxylation is 6. The number of benzene rings is 6. The minimum atomic E-state index is 0. The zero-order chi connectivity index (χ0) is 50.3. The van der Waals surface area contributed by atoms with Crippen molar-refractivity contribution in [2.45, 2.75) is 298 Å². The Morgan fingerprint density at radius 2 is 0.272 bits per heavy atom. The van der Waals surface area contributed by atoms with Gasteiger partial charge in [-0.05, 0) is 221 Å². The molecule has 6 aromatic carbocycles. The van der Waals surface area contributed by atoms with Crippen LogP contribution in [0.25, 0.3) is 0 Å².